The SMILES string of the molecule is Cc1ccn(CCc2c[nH]c3ccccc23)c(=O)c1C(=O)N1CCC(n2ccnc2)C1. The van der Waals surface area contributed by atoms with Crippen molar-refractivity contribution in [2.45, 2.75) is 32.4 Å². The van der Waals surface area contributed by atoms with Gasteiger partial charge in [0, 0.05) is 55.3 Å². The highest BCUT2D eigenvalue weighted by molar-refractivity contribution is 5.95. The fourth-order valence-corrected chi connectivity index (χ4v) is 4.49. The van der Waals surface area contributed by atoms with E-state index in [-0.39, 0.29) is 23.1 Å². The molecule has 4 heterocycles. The maximum absolute atomic E-state index is 13.2. The van der Waals surface area contributed by atoms with Crippen molar-refractivity contribution in [1.29, 1.82) is 0 Å². The number of amides is 1. The van der Waals surface area contributed by atoms with Crippen molar-refractivity contribution >= 4 is 16.8 Å². The summed E-state index contributed by atoms with van der Waals surface area (Å²) in [4.78, 5) is 35.6. The Bertz CT molecular complexity index is 1290. The molecule has 1 aliphatic heterocycles. The Kier molecular flexibility index (Phi) is 4.94. The lowest BCUT2D eigenvalue weighted by atomic mass is 10.1. The number of hydrogen-bond acceptors (Lipinski definition) is 3. The number of fused-ring (bicyclic) bond motifs is 1. The number of imidazole rings is 1. The van der Waals surface area contributed by atoms with Crippen molar-refractivity contribution < 1.29 is 4.79 Å². The Labute approximate surface area is 180 Å². The van der Waals surface area contributed by atoms with E-state index in [4.69, 9.17) is 0 Å². The smallest absolute Gasteiger partial charge is 0.263 e. The molecular weight excluding hydrogens is 390 g/mol. The summed E-state index contributed by atoms with van der Waals surface area (Å²) < 4.78 is 3.69. The van der Waals surface area contributed by atoms with E-state index >= 15 is 0 Å². The minimum absolute atomic E-state index is 0.174. The van der Waals surface area contributed by atoms with E-state index in [2.05, 4.69) is 16.0 Å². The number of nitrogens with zero attached hydrogens (tertiary/aromatic N) is 4. The minimum Gasteiger partial charge on any atom is -0.361 e. The molecule has 1 aromatic carbocycles. The monoisotopic (exact) mass is 415 g/mol. The van der Waals surface area contributed by atoms with E-state index < -0.39 is 0 Å². The lowest BCUT2D eigenvalue weighted by Gasteiger charge is -2.18. The quantitative estimate of drug-likeness (QED) is 0.544. The molecule has 1 atom stereocenters. The highest BCUT2D eigenvalue weighted by atomic mass is 16.2. The highest BCUT2D eigenvalue weighted by Crippen LogP contribution is 2.23. The third kappa shape index (κ3) is 3.56. The number of carbonyl (C=O) groups excluding carboxylic acids is 1. The summed E-state index contributed by atoms with van der Waals surface area (Å²) in [5, 5.41) is 1.17. The summed E-state index contributed by atoms with van der Waals surface area (Å²) >= 11 is 0. The topological polar surface area (TPSA) is 75.9 Å². The molecule has 0 saturated carbocycles. The molecule has 3 aromatic heterocycles. The van der Waals surface area contributed by atoms with Crippen LogP contribution in [0.1, 0.15) is 33.9 Å². The molecule has 4 aromatic rings. The van der Waals surface area contributed by atoms with Gasteiger partial charge in [-0.15, -0.1) is 0 Å². The van der Waals surface area contributed by atoms with Crippen molar-refractivity contribution in [3.63, 3.8) is 0 Å². The molecule has 1 fully saturated rings. The van der Waals surface area contributed by atoms with Crippen LogP contribution in [0.5, 0.6) is 0 Å². The molecule has 0 spiro atoms. The number of likely N-dealkylation sites (tertiary alicyclic amines) is 1. The number of para-hydroxylation sites is 1. The largest absolute Gasteiger partial charge is 0.361 e. The molecule has 1 aliphatic rings. The Balaban J connectivity index is 1.36. The number of aryl methyl sites for hydroxylation is 3. The van der Waals surface area contributed by atoms with Crippen LogP contribution in [0.3, 0.4) is 0 Å². The second-order valence-corrected chi connectivity index (χ2v) is 8.19. The Hall–Kier alpha value is -3.61. The molecule has 0 aliphatic carbocycles. The van der Waals surface area contributed by atoms with Gasteiger partial charge in [-0.3, -0.25) is 9.59 Å². The lowest BCUT2D eigenvalue weighted by molar-refractivity contribution is 0.0784. The average Bonchev–Trinajstić information content (AvgIpc) is 3.53. The first kappa shape index (κ1) is 19.4. The van der Waals surface area contributed by atoms with Crippen LogP contribution in [0.4, 0.5) is 0 Å². The Morgan fingerprint density at radius 2 is 2.10 bits per heavy atom. The third-order valence-electron chi connectivity index (χ3n) is 6.28. The first-order valence-electron chi connectivity index (χ1n) is 10.6. The molecule has 7 heteroatoms. The number of benzene rings is 1. The summed E-state index contributed by atoms with van der Waals surface area (Å²) in [5.41, 5.74) is 3.05. The summed E-state index contributed by atoms with van der Waals surface area (Å²) in [6, 6.07) is 10.2. The van der Waals surface area contributed by atoms with Crippen LogP contribution >= 0.6 is 0 Å². The summed E-state index contributed by atoms with van der Waals surface area (Å²) in [6.45, 7) is 3.60. The van der Waals surface area contributed by atoms with Crippen molar-refractivity contribution in [1.82, 2.24) is 24.0 Å². The molecule has 0 radical (unpaired) electrons. The normalized spacial score (nSPS) is 16.3. The number of H-pyrrole nitrogens is 1. The van der Waals surface area contributed by atoms with Gasteiger partial charge < -0.3 is 19.0 Å². The lowest BCUT2D eigenvalue weighted by Crippen LogP contribution is -2.36. The zero-order valence-corrected chi connectivity index (χ0v) is 17.5. The van der Waals surface area contributed by atoms with Gasteiger partial charge >= 0.3 is 0 Å². The predicted octanol–water partition coefficient (Wildman–Crippen LogP) is 3.16. The maximum atomic E-state index is 13.2. The molecule has 5 rings (SSSR count). The summed E-state index contributed by atoms with van der Waals surface area (Å²) in [7, 11) is 0. The standard InChI is InChI=1S/C24H25N5O2/c1-17-6-10-27(11-7-18-14-26-21-5-3-2-4-20(18)21)23(30)22(17)24(31)28-12-8-19(15-28)29-13-9-25-16-29/h2-6,9-10,13-14,16,19,26H,7-8,11-12,15H2,1H3. The van der Waals surface area contributed by atoms with Gasteiger partial charge in [0.25, 0.3) is 11.5 Å². The van der Waals surface area contributed by atoms with Gasteiger partial charge in [0.1, 0.15) is 5.56 Å². The van der Waals surface area contributed by atoms with Crippen LogP contribution in [0, 0.1) is 6.92 Å². The first-order valence-corrected chi connectivity index (χ1v) is 10.6. The summed E-state index contributed by atoms with van der Waals surface area (Å²) in [6.07, 6.45) is 10.8. The van der Waals surface area contributed by atoms with Gasteiger partial charge in [-0.2, -0.15) is 0 Å². The van der Waals surface area contributed by atoms with E-state index in [1.807, 2.05) is 48.1 Å². The third-order valence-corrected chi connectivity index (χ3v) is 6.28. The van der Waals surface area contributed by atoms with E-state index in [0.717, 1.165) is 17.5 Å². The van der Waals surface area contributed by atoms with Gasteiger partial charge in [0.15, 0.2) is 0 Å². The fraction of sp³-hybridized carbons (Fsp3) is 0.292. The van der Waals surface area contributed by atoms with Gasteiger partial charge in [0.2, 0.25) is 0 Å². The number of aromatic amines is 1. The van der Waals surface area contributed by atoms with Crippen molar-refractivity contribution in [3.8, 4) is 0 Å². The zero-order chi connectivity index (χ0) is 21.4. The number of rotatable bonds is 5. The minimum atomic E-state index is -0.212. The van der Waals surface area contributed by atoms with Crippen LogP contribution in [-0.4, -0.2) is 43.0 Å². The van der Waals surface area contributed by atoms with Crippen LogP contribution in [-0.2, 0) is 13.0 Å². The van der Waals surface area contributed by atoms with E-state index in [1.54, 1.807) is 28.2 Å². The van der Waals surface area contributed by atoms with Crippen LogP contribution in [0.2, 0.25) is 0 Å². The molecular formula is C24H25N5O2. The molecule has 158 valence electrons. The molecule has 1 saturated heterocycles. The van der Waals surface area contributed by atoms with E-state index in [1.165, 1.54) is 10.9 Å². The Morgan fingerprint density at radius 3 is 2.94 bits per heavy atom. The predicted molar refractivity (Wildman–Crippen MR) is 119 cm³/mol. The van der Waals surface area contributed by atoms with Crippen molar-refractivity contribution in [3.05, 3.63) is 88.5 Å². The van der Waals surface area contributed by atoms with Crippen molar-refractivity contribution in [2.24, 2.45) is 0 Å². The van der Waals surface area contributed by atoms with E-state index in [0.29, 0.717) is 26.1 Å². The molecule has 0 bridgehead atoms. The summed E-state index contributed by atoms with van der Waals surface area (Å²) in [5.74, 6) is -0.174. The highest BCUT2D eigenvalue weighted by Gasteiger charge is 2.30. The first-order chi connectivity index (χ1) is 15.1. The van der Waals surface area contributed by atoms with Crippen LogP contribution in [0.15, 0.2) is 66.2 Å². The second-order valence-electron chi connectivity index (χ2n) is 8.19. The number of hydrogen-bond donors (Lipinski definition) is 1. The molecule has 1 unspecified atom stereocenters. The zero-order valence-electron chi connectivity index (χ0n) is 17.5. The molecule has 31 heavy (non-hydrogen) atoms. The van der Waals surface area contributed by atoms with Crippen LogP contribution < -0.4 is 5.56 Å². The van der Waals surface area contributed by atoms with Gasteiger partial charge in [-0.05, 0) is 43.0 Å². The molecule has 7 nitrogen and oxygen atoms in total. The van der Waals surface area contributed by atoms with Crippen molar-refractivity contribution in [2.75, 3.05) is 13.1 Å². The molecule has 1 amide bonds. The molecule has 1 N–H and O–H groups in total. The average molecular weight is 415 g/mol. The second kappa shape index (κ2) is 7.91. The fourth-order valence-electron chi connectivity index (χ4n) is 4.49. The Morgan fingerprint density at radius 1 is 1.23 bits per heavy atom. The van der Waals surface area contributed by atoms with Gasteiger partial charge in [0.05, 0.1) is 12.4 Å². The number of pyridine rings is 1. The number of aromatic nitrogens is 4. The van der Waals surface area contributed by atoms with Gasteiger partial charge in [-0.25, -0.2) is 4.98 Å². The van der Waals surface area contributed by atoms with E-state index in [9.17, 15) is 9.59 Å². The number of nitrogens with one attached hydrogen (secondary N) is 1. The van der Waals surface area contributed by atoms with Gasteiger partial charge in [-0.1, -0.05) is 18.2 Å². The number of carbonyl (C=O) groups is 1. The van der Waals surface area contributed by atoms with Crippen LogP contribution in [0.25, 0.3) is 10.9 Å². The maximum Gasteiger partial charge on any atom is 0.263 e.